The number of ether oxygens (including phenoxy) is 1. The Morgan fingerprint density at radius 1 is 1.06 bits per heavy atom. The molecule has 32 heavy (non-hydrogen) atoms. The van der Waals surface area contributed by atoms with Crippen LogP contribution in [0.25, 0.3) is 0 Å². The Labute approximate surface area is 210 Å². The van der Waals surface area contributed by atoms with Crippen LogP contribution in [0.3, 0.4) is 0 Å². The summed E-state index contributed by atoms with van der Waals surface area (Å²) in [4.78, 5) is 6.92. The number of nitrogens with one attached hydrogen (secondary N) is 1. The minimum atomic E-state index is -3.35. The van der Waals surface area contributed by atoms with E-state index in [2.05, 4.69) is 15.2 Å². The van der Waals surface area contributed by atoms with Crippen molar-refractivity contribution in [2.24, 2.45) is 10.4 Å². The van der Waals surface area contributed by atoms with Crippen molar-refractivity contribution in [1.82, 2.24) is 14.5 Å². The molecule has 3 fully saturated rings. The molecule has 1 N–H and O–H groups in total. The zero-order valence-electron chi connectivity index (χ0n) is 19.1. The van der Waals surface area contributed by atoms with Crippen molar-refractivity contribution in [1.29, 1.82) is 0 Å². The zero-order chi connectivity index (χ0) is 21.7. The molecular weight excluding hydrogens is 539 g/mol. The van der Waals surface area contributed by atoms with Crippen LogP contribution in [0.1, 0.15) is 49.7 Å². The summed E-state index contributed by atoms with van der Waals surface area (Å²) in [5, 5.41) is 3.50. The van der Waals surface area contributed by atoms with Crippen LogP contribution < -0.4 is 5.32 Å². The van der Waals surface area contributed by atoms with Crippen LogP contribution in [0.5, 0.6) is 0 Å². The number of halogens is 1. The van der Waals surface area contributed by atoms with E-state index in [-0.39, 0.29) is 29.7 Å². The molecule has 1 spiro atoms. The Morgan fingerprint density at radius 2 is 1.75 bits per heavy atom. The molecule has 0 bridgehead atoms. The van der Waals surface area contributed by atoms with Gasteiger partial charge in [0.15, 0.2) is 5.96 Å². The lowest BCUT2D eigenvalue weighted by atomic mass is 9.73. The van der Waals surface area contributed by atoms with E-state index in [1.54, 1.807) is 4.31 Å². The number of hydrogen-bond acceptors (Lipinski definition) is 4. The predicted molar refractivity (Wildman–Crippen MR) is 139 cm³/mol. The standard InChI is InChI=1S/C23H36N4O3S.HI/c1-24-22(26-12-11-23(19-26)9-5-2-6-10-23)25-17-20-7-3-4-8-21(20)18-31(28,29)27-13-15-30-16-14-27;/h3-4,7-8H,2,5-6,9-19H2,1H3,(H,24,25);1H. The summed E-state index contributed by atoms with van der Waals surface area (Å²) in [6.07, 6.45) is 8.00. The van der Waals surface area contributed by atoms with E-state index in [0.717, 1.165) is 30.2 Å². The molecule has 4 rings (SSSR count). The molecule has 1 aromatic carbocycles. The first-order valence-corrected chi connectivity index (χ1v) is 13.2. The second kappa shape index (κ2) is 11.5. The molecule has 0 unspecified atom stereocenters. The number of benzene rings is 1. The second-order valence-electron chi connectivity index (χ2n) is 9.17. The zero-order valence-corrected chi connectivity index (χ0v) is 22.2. The summed E-state index contributed by atoms with van der Waals surface area (Å²) in [6, 6.07) is 7.81. The monoisotopic (exact) mass is 576 g/mol. The fourth-order valence-electron chi connectivity index (χ4n) is 5.32. The van der Waals surface area contributed by atoms with E-state index in [0.29, 0.717) is 38.3 Å². The fraction of sp³-hybridized carbons (Fsp3) is 0.696. The number of nitrogens with zero attached hydrogens (tertiary/aromatic N) is 3. The molecule has 0 aromatic heterocycles. The summed E-state index contributed by atoms with van der Waals surface area (Å²) in [7, 11) is -1.52. The van der Waals surface area contributed by atoms with Crippen LogP contribution in [-0.2, 0) is 27.1 Å². The maximum atomic E-state index is 12.9. The highest BCUT2D eigenvalue weighted by Crippen LogP contribution is 2.43. The van der Waals surface area contributed by atoms with Gasteiger partial charge in [-0.15, -0.1) is 24.0 Å². The summed E-state index contributed by atoms with van der Waals surface area (Å²) in [5.41, 5.74) is 2.33. The SMILES string of the molecule is CN=C(NCc1ccccc1CS(=O)(=O)N1CCOCC1)N1CCC2(CCCCC2)C1.I. The summed E-state index contributed by atoms with van der Waals surface area (Å²) >= 11 is 0. The molecule has 7 nitrogen and oxygen atoms in total. The number of rotatable bonds is 5. The van der Waals surface area contributed by atoms with Crippen molar-refractivity contribution in [2.45, 2.75) is 50.8 Å². The first-order valence-electron chi connectivity index (χ1n) is 11.6. The smallest absolute Gasteiger partial charge is 0.218 e. The van der Waals surface area contributed by atoms with Crippen LogP contribution in [0.15, 0.2) is 29.3 Å². The lowest BCUT2D eigenvalue weighted by molar-refractivity contribution is 0.0729. The molecule has 180 valence electrons. The van der Waals surface area contributed by atoms with Gasteiger partial charge in [-0.05, 0) is 35.8 Å². The first-order chi connectivity index (χ1) is 15.0. The molecule has 2 aliphatic heterocycles. The third-order valence-electron chi connectivity index (χ3n) is 7.12. The topological polar surface area (TPSA) is 74.2 Å². The van der Waals surface area contributed by atoms with Gasteiger partial charge in [0.2, 0.25) is 10.0 Å². The third-order valence-corrected chi connectivity index (χ3v) is 8.95. The lowest BCUT2D eigenvalue weighted by Crippen LogP contribution is -2.42. The number of guanidine groups is 1. The molecule has 3 aliphatic rings. The maximum absolute atomic E-state index is 12.9. The van der Waals surface area contributed by atoms with Crippen molar-refractivity contribution in [3.63, 3.8) is 0 Å². The highest BCUT2D eigenvalue weighted by molar-refractivity contribution is 14.0. The normalized spacial score (nSPS) is 22.0. The number of likely N-dealkylation sites (tertiary alicyclic amines) is 1. The van der Waals surface area contributed by atoms with Gasteiger partial charge < -0.3 is 15.0 Å². The predicted octanol–water partition coefficient (Wildman–Crippen LogP) is 3.20. The number of sulfonamides is 1. The Morgan fingerprint density at radius 3 is 2.44 bits per heavy atom. The van der Waals surface area contributed by atoms with Crippen molar-refractivity contribution >= 4 is 40.0 Å². The molecule has 2 heterocycles. The summed E-state index contributed by atoms with van der Waals surface area (Å²) in [6.45, 7) is 4.52. The van der Waals surface area contributed by atoms with Crippen LogP contribution in [-0.4, -0.2) is 70.0 Å². The molecule has 0 amide bonds. The van der Waals surface area contributed by atoms with Crippen molar-refractivity contribution in [2.75, 3.05) is 46.4 Å². The lowest BCUT2D eigenvalue weighted by Gasteiger charge is -2.33. The number of morpholine rings is 1. The van der Waals surface area contributed by atoms with Crippen LogP contribution in [0.2, 0.25) is 0 Å². The fourth-order valence-corrected chi connectivity index (χ4v) is 6.88. The molecule has 1 saturated carbocycles. The van der Waals surface area contributed by atoms with E-state index >= 15 is 0 Å². The average Bonchev–Trinajstić information content (AvgIpc) is 3.19. The van der Waals surface area contributed by atoms with E-state index in [1.165, 1.54) is 38.5 Å². The molecule has 0 radical (unpaired) electrons. The van der Waals surface area contributed by atoms with Gasteiger partial charge in [0.25, 0.3) is 0 Å². The quantitative estimate of drug-likeness (QED) is 0.331. The van der Waals surface area contributed by atoms with Gasteiger partial charge in [-0.2, -0.15) is 4.31 Å². The van der Waals surface area contributed by atoms with E-state index in [4.69, 9.17) is 4.74 Å². The molecule has 9 heteroatoms. The minimum absolute atomic E-state index is 0. The van der Waals surface area contributed by atoms with Crippen molar-refractivity contribution < 1.29 is 13.2 Å². The van der Waals surface area contributed by atoms with Gasteiger partial charge in [-0.3, -0.25) is 4.99 Å². The van der Waals surface area contributed by atoms with Gasteiger partial charge in [0.05, 0.1) is 19.0 Å². The third kappa shape index (κ3) is 6.15. The van der Waals surface area contributed by atoms with Gasteiger partial charge in [0, 0.05) is 39.8 Å². The molecule has 0 atom stereocenters. The van der Waals surface area contributed by atoms with Crippen molar-refractivity contribution in [3.05, 3.63) is 35.4 Å². The highest BCUT2D eigenvalue weighted by Gasteiger charge is 2.39. The van der Waals surface area contributed by atoms with Crippen LogP contribution in [0, 0.1) is 5.41 Å². The minimum Gasteiger partial charge on any atom is -0.379 e. The number of aliphatic imine (C=N–C) groups is 1. The van der Waals surface area contributed by atoms with Crippen LogP contribution in [0.4, 0.5) is 0 Å². The van der Waals surface area contributed by atoms with E-state index in [9.17, 15) is 8.42 Å². The Balaban J connectivity index is 0.00000289. The van der Waals surface area contributed by atoms with Gasteiger partial charge in [0.1, 0.15) is 0 Å². The Bertz CT molecular complexity index is 881. The first kappa shape index (κ1) is 25.7. The van der Waals surface area contributed by atoms with E-state index in [1.807, 2.05) is 31.3 Å². The molecule has 1 aliphatic carbocycles. The average molecular weight is 577 g/mol. The number of hydrogen-bond donors (Lipinski definition) is 1. The maximum Gasteiger partial charge on any atom is 0.218 e. The summed E-state index contributed by atoms with van der Waals surface area (Å²) < 4.78 is 32.7. The largest absolute Gasteiger partial charge is 0.379 e. The van der Waals surface area contributed by atoms with Gasteiger partial charge >= 0.3 is 0 Å². The summed E-state index contributed by atoms with van der Waals surface area (Å²) in [5.74, 6) is 0.948. The van der Waals surface area contributed by atoms with Crippen LogP contribution >= 0.6 is 24.0 Å². The molecule has 2 saturated heterocycles. The van der Waals surface area contributed by atoms with Gasteiger partial charge in [-0.25, -0.2) is 8.42 Å². The molecule has 1 aromatic rings. The second-order valence-corrected chi connectivity index (χ2v) is 11.1. The Kier molecular flexibility index (Phi) is 9.23. The molecular formula is C23H37IN4O3S. The Hall–Kier alpha value is -0.910. The van der Waals surface area contributed by atoms with Crippen molar-refractivity contribution in [3.8, 4) is 0 Å². The highest BCUT2D eigenvalue weighted by atomic mass is 127. The van der Waals surface area contributed by atoms with Gasteiger partial charge in [-0.1, -0.05) is 43.5 Å². The van der Waals surface area contributed by atoms with E-state index < -0.39 is 10.0 Å².